The summed E-state index contributed by atoms with van der Waals surface area (Å²) < 4.78 is 0. The molecule has 2 heteroatoms. The predicted octanol–water partition coefficient (Wildman–Crippen LogP) is 5.36. The van der Waals surface area contributed by atoms with Crippen LogP contribution in [0.2, 0.25) is 0 Å². The molecule has 0 aliphatic rings. The van der Waals surface area contributed by atoms with E-state index in [-0.39, 0.29) is 5.41 Å². The van der Waals surface area contributed by atoms with Crippen molar-refractivity contribution in [1.82, 2.24) is 5.32 Å². The van der Waals surface area contributed by atoms with Gasteiger partial charge in [-0.05, 0) is 24.8 Å². The topological polar surface area (TPSA) is 12.0 Å². The summed E-state index contributed by atoms with van der Waals surface area (Å²) in [4.78, 5) is 1.48. The first-order chi connectivity index (χ1) is 9.06. The number of rotatable bonds is 10. The van der Waals surface area contributed by atoms with Gasteiger partial charge in [0.15, 0.2) is 0 Å². The van der Waals surface area contributed by atoms with Crippen molar-refractivity contribution in [3.05, 3.63) is 22.4 Å². The van der Waals surface area contributed by atoms with E-state index in [4.69, 9.17) is 0 Å². The summed E-state index contributed by atoms with van der Waals surface area (Å²) in [7, 11) is 0. The lowest BCUT2D eigenvalue weighted by molar-refractivity contribution is 0.411. The minimum absolute atomic E-state index is 0.255. The molecule has 1 nitrogen and oxygen atoms in total. The fourth-order valence-corrected chi connectivity index (χ4v) is 3.19. The summed E-state index contributed by atoms with van der Waals surface area (Å²) in [5.41, 5.74) is 0.255. The molecule has 0 aliphatic carbocycles. The molecular weight excluding hydrogens is 250 g/mol. The maximum atomic E-state index is 3.71. The molecule has 1 N–H and O–H groups in total. The SMILES string of the molecule is CCCCCCCC(C)NCC(C)(C)c1cccs1. The Bertz CT molecular complexity index is 316. The molecule has 110 valence electrons. The van der Waals surface area contributed by atoms with Crippen LogP contribution in [0.3, 0.4) is 0 Å². The smallest absolute Gasteiger partial charge is 0.0115 e. The van der Waals surface area contributed by atoms with E-state index >= 15 is 0 Å². The molecule has 0 spiro atoms. The van der Waals surface area contributed by atoms with E-state index in [1.54, 1.807) is 0 Å². The van der Waals surface area contributed by atoms with Crippen molar-refractivity contribution in [3.63, 3.8) is 0 Å². The molecule has 0 radical (unpaired) electrons. The normalized spacial score (nSPS) is 13.7. The molecule has 0 bridgehead atoms. The molecule has 0 aromatic carbocycles. The van der Waals surface area contributed by atoms with Crippen LogP contribution in [0.1, 0.15) is 71.1 Å². The van der Waals surface area contributed by atoms with Crippen LogP contribution < -0.4 is 5.32 Å². The van der Waals surface area contributed by atoms with Gasteiger partial charge in [-0.2, -0.15) is 0 Å². The van der Waals surface area contributed by atoms with Crippen LogP contribution in [0.25, 0.3) is 0 Å². The lowest BCUT2D eigenvalue weighted by Crippen LogP contribution is -2.37. The summed E-state index contributed by atoms with van der Waals surface area (Å²) in [6, 6.07) is 5.04. The maximum absolute atomic E-state index is 3.71. The van der Waals surface area contributed by atoms with E-state index in [1.807, 2.05) is 11.3 Å². The molecule has 0 aliphatic heterocycles. The van der Waals surface area contributed by atoms with Crippen molar-refractivity contribution in [2.75, 3.05) is 6.54 Å². The van der Waals surface area contributed by atoms with Crippen LogP contribution >= 0.6 is 11.3 Å². The highest BCUT2D eigenvalue weighted by Crippen LogP contribution is 2.26. The summed E-state index contributed by atoms with van der Waals surface area (Å²) >= 11 is 1.87. The first-order valence-electron chi connectivity index (χ1n) is 7.83. The van der Waals surface area contributed by atoms with E-state index in [9.17, 15) is 0 Å². The maximum Gasteiger partial charge on any atom is 0.0115 e. The second-order valence-corrected chi connectivity index (χ2v) is 7.29. The average Bonchev–Trinajstić information content (AvgIpc) is 2.91. The Morgan fingerprint density at radius 3 is 2.58 bits per heavy atom. The van der Waals surface area contributed by atoms with Crippen LogP contribution in [-0.2, 0) is 5.41 Å². The molecule has 1 rings (SSSR count). The van der Waals surface area contributed by atoms with E-state index in [0.29, 0.717) is 6.04 Å². The predicted molar refractivity (Wildman–Crippen MR) is 88.2 cm³/mol. The van der Waals surface area contributed by atoms with Gasteiger partial charge in [-0.1, -0.05) is 58.9 Å². The summed E-state index contributed by atoms with van der Waals surface area (Å²) in [5, 5.41) is 5.88. The Morgan fingerprint density at radius 2 is 1.95 bits per heavy atom. The second kappa shape index (κ2) is 8.76. The minimum atomic E-state index is 0.255. The fourth-order valence-electron chi connectivity index (χ4n) is 2.34. The highest BCUT2D eigenvalue weighted by atomic mass is 32.1. The summed E-state index contributed by atoms with van der Waals surface area (Å²) in [5.74, 6) is 0. The first kappa shape index (κ1) is 16.7. The van der Waals surface area contributed by atoms with Crippen molar-refractivity contribution >= 4 is 11.3 Å². The van der Waals surface area contributed by atoms with Gasteiger partial charge in [-0.3, -0.25) is 0 Å². The monoisotopic (exact) mass is 281 g/mol. The minimum Gasteiger partial charge on any atom is -0.313 e. The van der Waals surface area contributed by atoms with Crippen LogP contribution in [0, 0.1) is 0 Å². The number of hydrogen-bond donors (Lipinski definition) is 1. The van der Waals surface area contributed by atoms with Crippen molar-refractivity contribution in [3.8, 4) is 0 Å². The lowest BCUT2D eigenvalue weighted by atomic mass is 9.91. The lowest BCUT2D eigenvalue weighted by Gasteiger charge is -2.26. The van der Waals surface area contributed by atoms with Gasteiger partial charge in [0.1, 0.15) is 0 Å². The van der Waals surface area contributed by atoms with Gasteiger partial charge in [0, 0.05) is 22.9 Å². The van der Waals surface area contributed by atoms with Crippen molar-refractivity contribution < 1.29 is 0 Å². The molecule has 1 unspecified atom stereocenters. The van der Waals surface area contributed by atoms with Gasteiger partial charge in [0.05, 0.1) is 0 Å². The molecule has 1 aromatic heterocycles. The van der Waals surface area contributed by atoms with Gasteiger partial charge in [-0.15, -0.1) is 11.3 Å². The van der Waals surface area contributed by atoms with Gasteiger partial charge in [0.2, 0.25) is 0 Å². The Hall–Kier alpha value is -0.340. The quantitative estimate of drug-likeness (QED) is 0.569. The largest absolute Gasteiger partial charge is 0.313 e. The molecule has 0 saturated heterocycles. The van der Waals surface area contributed by atoms with Crippen LogP contribution in [0.15, 0.2) is 17.5 Å². The van der Waals surface area contributed by atoms with Crippen molar-refractivity contribution in [2.45, 2.75) is 77.7 Å². The highest BCUT2D eigenvalue weighted by molar-refractivity contribution is 7.10. The Balaban J connectivity index is 2.17. The molecule has 0 amide bonds. The Kier molecular flexibility index (Phi) is 7.70. The highest BCUT2D eigenvalue weighted by Gasteiger charge is 2.21. The van der Waals surface area contributed by atoms with Crippen LogP contribution in [0.4, 0.5) is 0 Å². The first-order valence-corrected chi connectivity index (χ1v) is 8.71. The molecule has 19 heavy (non-hydrogen) atoms. The van der Waals surface area contributed by atoms with Gasteiger partial charge < -0.3 is 5.32 Å². The number of thiophene rings is 1. The van der Waals surface area contributed by atoms with Crippen molar-refractivity contribution in [2.24, 2.45) is 0 Å². The Morgan fingerprint density at radius 1 is 1.21 bits per heavy atom. The third-order valence-electron chi connectivity index (χ3n) is 3.82. The van der Waals surface area contributed by atoms with E-state index in [1.165, 1.54) is 43.4 Å². The van der Waals surface area contributed by atoms with Crippen LogP contribution in [-0.4, -0.2) is 12.6 Å². The number of hydrogen-bond acceptors (Lipinski definition) is 2. The van der Waals surface area contributed by atoms with Crippen LogP contribution in [0.5, 0.6) is 0 Å². The molecule has 1 aromatic rings. The molecule has 0 fully saturated rings. The van der Waals surface area contributed by atoms with E-state index in [0.717, 1.165) is 6.54 Å². The third-order valence-corrected chi connectivity index (χ3v) is 5.06. The second-order valence-electron chi connectivity index (χ2n) is 6.35. The molecule has 0 saturated carbocycles. The van der Waals surface area contributed by atoms with E-state index < -0.39 is 0 Å². The summed E-state index contributed by atoms with van der Waals surface area (Å²) in [6.07, 6.45) is 8.21. The van der Waals surface area contributed by atoms with Gasteiger partial charge >= 0.3 is 0 Å². The van der Waals surface area contributed by atoms with Gasteiger partial charge in [-0.25, -0.2) is 0 Å². The Labute approximate surface area is 123 Å². The molecular formula is C17H31NS. The zero-order valence-corrected chi connectivity index (χ0v) is 14.0. The van der Waals surface area contributed by atoms with E-state index in [2.05, 4.69) is 50.5 Å². The molecule has 1 heterocycles. The summed E-state index contributed by atoms with van der Waals surface area (Å²) in [6.45, 7) is 10.3. The third kappa shape index (κ3) is 6.58. The molecule has 1 atom stereocenters. The van der Waals surface area contributed by atoms with Gasteiger partial charge in [0.25, 0.3) is 0 Å². The zero-order valence-electron chi connectivity index (χ0n) is 13.2. The average molecular weight is 282 g/mol. The van der Waals surface area contributed by atoms with Crippen molar-refractivity contribution in [1.29, 1.82) is 0 Å². The fraction of sp³-hybridized carbons (Fsp3) is 0.765. The number of unbranched alkanes of at least 4 members (excludes halogenated alkanes) is 4. The number of nitrogens with one attached hydrogen (secondary N) is 1. The standard InChI is InChI=1S/C17H31NS/c1-5-6-7-8-9-11-15(2)18-14-17(3,4)16-12-10-13-19-16/h10,12-13,15,18H,5-9,11,14H2,1-4H3. The zero-order chi connectivity index (χ0) is 14.1.